The standard InChI is InChI=1S/C17H36N2/c1-6-17(4,19-13-8-7-9-14-19)16(18-5)12-10-11-15(2)3/h15-16,18H,6-14H2,1-5H3. The number of likely N-dealkylation sites (N-methyl/N-ethyl adjacent to an activating group) is 1. The normalized spacial score (nSPS) is 22.4. The fourth-order valence-electron chi connectivity index (χ4n) is 3.59. The molecule has 1 heterocycles. The minimum absolute atomic E-state index is 0.339. The molecule has 114 valence electrons. The van der Waals surface area contributed by atoms with Crippen LogP contribution in [0.4, 0.5) is 0 Å². The number of piperidine rings is 1. The van der Waals surface area contributed by atoms with E-state index in [1.807, 2.05) is 0 Å². The molecule has 0 spiro atoms. The third-order valence-electron chi connectivity index (χ3n) is 5.17. The molecular weight excluding hydrogens is 232 g/mol. The summed E-state index contributed by atoms with van der Waals surface area (Å²) < 4.78 is 0. The lowest BCUT2D eigenvalue weighted by atomic mass is 9.82. The molecule has 0 amide bonds. The van der Waals surface area contributed by atoms with E-state index in [4.69, 9.17) is 0 Å². The van der Waals surface area contributed by atoms with E-state index in [1.165, 1.54) is 58.0 Å². The van der Waals surface area contributed by atoms with Crippen molar-refractivity contribution in [3.8, 4) is 0 Å². The van der Waals surface area contributed by atoms with Gasteiger partial charge in [-0.05, 0) is 58.7 Å². The quantitative estimate of drug-likeness (QED) is 0.714. The van der Waals surface area contributed by atoms with Crippen molar-refractivity contribution in [2.45, 2.75) is 84.2 Å². The smallest absolute Gasteiger partial charge is 0.0331 e. The van der Waals surface area contributed by atoms with Crippen molar-refractivity contribution in [2.24, 2.45) is 5.92 Å². The molecule has 1 saturated heterocycles. The number of rotatable bonds is 8. The minimum atomic E-state index is 0.339. The topological polar surface area (TPSA) is 15.3 Å². The predicted octanol–water partition coefficient (Wildman–Crippen LogP) is 4.06. The van der Waals surface area contributed by atoms with Gasteiger partial charge in [0.1, 0.15) is 0 Å². The van der Waals surface area contributed by atoms with Crippen LogP contribution in [0.1, 0.15) is 72.6 Å². The van der Waals surface area contributed by atoms with Crippen LogP contribution in [0.5, 0.6) is 0 Å². The fraction of sp³-hybridized carbons (Fsp3) is 1.00. The Balaban J connectivity index is 2.61. The summed E-state index contributed by atoms with van der Waals surface area (Å²) in [5.41, 5.74) is 0.339. The highest BCUT2D eigenvalue weighted by Gasteiger charge is 2.37. The van der Waals surface area contributed by atoms with Crippen LogP contribution in [-0.4, -0.2) is 36.6 Å². The average Bonchev–Trinajstić information content (AvgIpc) is 2.43. The van der Waals surface area contributed by atoms with Crippen molar-refractivity contribution in [1.82, 2.24) is 10.2 Å². The molecular formula is C17H36N2. The van der Waals surface area contributed by atoms with E-state index in [0.717, 1.165) is 5.92 Å². The Morgan fingerprint density at radius 2 is 1.74 bits per heavy atom. The van der Waals surface area contributed by atoms with E-state index < -0.39 is 0 Å². The molecule has 0 aromatic rings. The van der Waals surface area contributed by atoms with Gasteiger partial charge >= 0.3 is 0 Å². The van der Waals surface area contributed by atoms with Gasteiger partial charge in [0.05, 0.1) is 0 Å². The number of hydrogen-bond acceptors (Lipinski definition) is 2. The highest BCUT2D eigenvalue weighted by Crippen LogP contribution is 2.30. The number of nitrogens with one attached hydrogen (secondary N) is 1. The second kappa shape index (κ2) is 8.26. The Morgan fingerprint density at radius 3 is 2.21 bits per heavy atom. The van der Waals surface area contributed by atoms with Crippen LogP contribution in [0.2, 0.25) is 0 Å². The zero-order valence-corrected chi connectivity index (χ0v) is 14.0. The third-order valence-corrected chi connectivity index (χ3v) is 5.17. The van der Waals surface area contributed by atoms with Crippen molar-refractivity contribution in [2.75, 3.05) is 20.1 Å². The molecule has 2 nitrogen and oxygen atoms in total. The van der Waals surface area contributed by atoms with E-state index in [2.05, 4.69) is 45.0 Å². The zero-order valence-electron chi connectivity index (χ0n) is 14.0. The van der Waals surface area contributed by atoms with E-state index in [0.29, 0.717) is 11.6 Å². The van der Waals surface area contributed by atoms with Crippen molar-refractivity contribution in [3.63, 3.8) is 0 Å². The lowest BCUT2D eigenvalue weighted by molar-refractivity contribution is 0.0416. The van der Waals surface area contributed by atoms with Crippen molar-refractivity contribution >= 4 is 0 Å². The molecule has 0 aromatic carbocycles. The Hall–Kier alpha value is -0.0800. The largest absolute Gasteiger partial charge is 0.315 e. The second-order valence-electron chi connectivity index (χ2n) is 6.92. The van der Waals surface area contributed by atoms with Crippen molar-refractivity contribution in [3.05, 3.63) is 0 Å². The minimum Gasteiger partial charge on any atom is -0.315 e. The maximum Gasteiger partial charge on any atom is 0.0331 e. The summed E-state index contributed by atoms with van der Waals surface area (Å²) in [6.45, 7) is 12.1. The van der Waals surface area contributed by atoms with Crippen LogP contribution >= 0.6 is 0 Å². The van der Waals surface area contributed by atoms with Crippen LogP contribution in [0.3, 0.4) is 0 Å². The highest BCUT2D eigenvalue weighted by molar-refractivity contribution is 4.96. The van der Waals surface area contributed by atoms with Crippen molar-refractivity contribution < 1.29 is 0 Å². The zero-order chi connectivity index (χ0) is 14.3. The summed E-state index contributed by atoms with van der Waals surface area (Å²) in [7, 11) is 2.15. The average molecular weight is 268 g/mol. The molecule has 0 bridgehead atoms. The summed E-state index contributed by atoms with van der Waals surface area (Å²) >= 11 is 0. The van der Waals surface area contributed by atoms with Gasteiger partial charge in [0.2, 0.25) is 0 Å². The molecule has 2 unspecified atom stereocenters. The van der Waals surface area contributed by atoms with Gasteiger partial charge in [-0.25, -0.2) is 0 Å². The molecule has 1 aliphatic heterocycles. The summed E-state index contributed by atoms with van der Waals surface area (Å²) in [5.74, 6) is 0.834. The van der Waals surface area contributed by atoms with E-state index >= 15 is 0 Å². The van der Waals surface area contributed by atoms with Gasteiger partial charge in [0.15, 0.2) is 0 Å². The Morgan fingerprint density at radius 1 is 1.11 bits per heavy atom. The molecule has 0 aromatic heterocycles. The van der Waals surface area contributed by atoms with Crippen LogP contribution in [0.15, 0.2) is 0 Å². The van der Waals surface area contributed by atoms with Crippen LogP contribution in [0.25, 0.3) is 0 Å². The fourth-order valence-corrected chi connectivity index (χ4v) is 3.59. The Bertz CT molecular complexity index is 233. The molecule has 2 heteroatoms. The predicted molar refractivity (Wildman–Crippen MR) is 85.7 cm³/mol. The summed E-state index contributed by atoms with van der Waals surface area (Å²) in [5, 5.41) is 3.62. The first-order valence-corrected chi connectivity index (χ1v) is 8.47. The van der Waals surface area contributed by atoms with Gasteiger partial charge in [0.25, 0.3) is 0 Å². The molecule has 1 N–H and O–H groups in total. The first kappa shape index (κ1) is 17.0. The van der Waals surface area contributed by atoms with Gasteiger partial charge in [-0.3, -0.25) is 4.90 Å². The molecule has 1 aliphatic rings. The first-order valence-electron chi connectivity index (χ1n) is 8.47. The Labute approximate surface area is 121 Å². The summed E-state index contributed by atoms with van der Waals surface area (Å²) in [6, 6.07) is 0.634. The first-order chi connectivity index (χ1) is 9.04. The van der Waals surface area contributed by atoms with Gasteiger partial charge < -0.3 is 5.32 Å². The lowest BCUT2D eigenvalue weighted by Gasteiger charge is -2.48. The number of nitrogens with zero attached hydrogens (tertiary/aromatic N) is 1. The lowest BCUT2D eigenvalue weighted by Crippen LogP contribution is -2.59. The third kappa shape index (κ3) is 4.75. The molecule has 0 radical (unpaired) electrons. The molecule has 19 heavy (non-hydrogen) atoms. The number of likely N-dealkylation sites (tertiary alicyclic amines) is 1. The molecule has 0 saturated carbocycles. The van der Waals surface area contributed by atoms with E-state index in [9.17, 15) is 0 Å². The van der Waals surface area contributed by atoms with Crippen LogP contribution in [-0.2, 0) is 0 Å². The molecule has 2 atom stereocenters. The van der Waals surface area contributed by atoms with E-state index in [1.54, 1.807) is 0 Å². The van der Waals surface area contributed by atoms with Crippen LogP contribution in [0, 0.1) is 5.92 Å². The maximum atomic E-state index is 3.62. The summed E-state index contributed by atoms with van der Waals surface area (Å²) in [4.78, 5) is 2.76. The van der Waals surface area contributed by atoms with Gasteiger partial charge in [0, 0.05) is 11.6 Å². The van der Waals surface area contributed by atoms with Crippen LogP contribution < -0.4 is 5.32 Å². The maximum absolute atomic E-state index is 3.62. The van der Waals surface area contributed by atoms with E-state index in [-0.39, 0.29) is 0 Å². The van der Waals surface area contributed by atoms with Gasteiger partial charge in [-0.15, -0.1) is 0 Å². The summed E-state index contributed by atoms with van der Waals surface area (Å²) in [6.07, 6.45) is 9.48. The Kier molecular flexibility index (Phi) is 7.38. The number of hydrogen-bond donors (Lipinski definition) is 1. The molecule has 0 aliphatic carbocycles. The van der Waals surface area contributed by atoms with Gasteiger partial charge in [-0.1, -0.05) is 40.0 Å². The van der Waals surface area contributed by atoms with Gasteiger partial charge in [-0.2, -0.15) is 0 Å². The SMILES string of the molecule is CCC(C)(C(CCCC(C)C)NC)N1CCCCC1. The molecule has 1 fully saturated rings. The molecule has 1 rings (SSSR count). The second-order valence-corrected chi connectivity index (χ2v) is 6.92. The monoisotopic (exact) mass is 268 g/mol. The van der Waals surface area contributed by atoms with Crippen molar-refractivity contribution in [1.29, 1.82) is 0 Å². The highest BCUT2D eigenvalue weighted by atomic mass is 15.2.